The third-order valence-electron chi connectivity index (χ3n) is 4.01. The number of hydrogen-bond donors (Lipinski definition) is 1. The first kappa shape index (κ1) is 20.9. The van der Waals surface area contributed by atoms with Crippen LogP contribution in [0.15, 0.2) is 24.8 Å². The van der Waals surface area contributed by atoms with Gasteiger partial charge in [0.1, 0.15) is 0 Å². The van der Waals surface area contributed by atoms with Crippen LogP contribution < -0.4 is 19.5 Å². The lowest BCUT2D eigenvalue weighted by atomic mass is 10.1. The normalized spacial score (nSPS) is 10.2. The molecule has 0 atom stereocenters. The molecule has 140 valence electrons. The molecule has 0 spiro atoms. The molecule has 5 nitrogen and oxygen atoms in total. The molecule has 0 fully saturated rings. The number of rotatable bonds is 13. The molecule has 0 unspecified atom stereocenters. The van der Waals surface area contributed by atoms with E-state index in [1.54, 1.807) is 33.5 Å². The summed E-state index contributed by atoms with van der Waals surface area (Å²) < 4.78 is 15.9. The zero-order chi connectivity index (χ0) is 18.5. The van der Waals surface area contributed by atoms with Crippen molar-refractivity contribution in [1.29, 1.82) is 0 Å². The van der Waals surface area contributed by atoms with Crippen LogP contribution >= 0.6 is 0 Å². The van der Waals surface area contributed by atoms with Crippen LogP contribution in [0.2, 0.25) is 0 Å². The van der Waals surface area contributed by atoms with E-state index in [4.69, 9.17) is 14.2 Å². The van der Waals surface area contributed by atoms with E-state index in [0.717, 1.165) is 19.3 Å². The maximum atomic E-state index is 12.1. The molecular formula is C20H31NO4. The number of allylic oxidation sites excluding steroid dienone is 1. The van der Waals surface area contributed by atoms with Gasteiger partial charge in [0.2, 0.25) is 11.7 Å². The highest BCUT2D eigenvalue weighted by molar-refractivity contribution is 5.91. The number of carbonyl (C=O) groups is 1. The topological polar surface area (TPSA) is 56.8 Å². The number of benzene rings is 1. The number of carbonyl (C=O) groups excluding carboxylic acids is 1. The van der Waals surface area contributed by atoms with Gasteiger partial charge in [0.05, 0.1) is 21.3 Å². The zero-order valence-electron chi connectivity index (χ0n) is 15.7. The Morgan fingerprint density at radius 1 is 0.960 bits per heavy atom. The van der Waals surface area contributed by atoms with Crippen LogP contribution in [-0.4, -0.2) is 27.2 Å². The Kier molecular flexibility index (Phi) is 10.2. The molecule has 0 aliphatic carbocycles. The lowest BCUT2D eigenvalue weighted by molar-refractivity contribution is -0.116. The first-order valence-electron chi connectivity index (χ1n) is 8.87. The molecule has 1 aromatic carbocycles. The van der Waals surface area contributed by atoms with E-state index in [-0.39, 0.29) is 5.91 Å². The minimum Gasteiger partial charge on any atom is -0.493 e. The van der Waals surface area contributed by atoms with Gasteiger partial charge in [0.15, 0.2) is 11.5 Å². The molecule has 0 aliphatic heterocycles. The van der Waals surface area contributed by atoms with Gasteiger partial charge in [0.25, 0.3) is 0 Å². The minimum absolute atomic E-state index is 0.000861. The Hall–Kier alpha value is -2.17. The highest BCUT2D eigenvalue weighted by Gasteiger charge is 2.14. The fourth-order valence-electron chi connectivity index (χ4n) is 2.66. The smallest absolute Gasteiger partial charge is 0.224 e. The van der Waals surface area contributed by atoms with Gasteiger partial charge in [-0.1, -0.05) is 31.8 Å². The summed E-state index contributed by atoms with van der Waals surface area (Å²) in [6.07, 6.45) is 10.4. The Morgan fingerprint density at radius 3 is 2.04 bits per heavy atom. The standard InChI is InChI=1S/C20H31NO4/c1-5-6-7-8-9-10-11-12-13-19(22)21-16-14-17(23-2)20(25-4)18(15-16)24-3/h5,14-15H,1,6-13H2,2-4H3,(H,21,22). The molecule has 1 rings (SSSR count). The molecule has 1 amide bonds. The van der Waals surface area contributed by atoms with E-state index >= 15 is 0 Å². The number of anilines is 1. The number of ether oxygens (including phenoxy) is 3. The monoisotopic (exact) mass is 349 g/mol. The van der Waals surface area contributed by atoms with Crippen LogP contribution in [0.4, 0.5) is 5.69 Å². The molecule has 0 saturated heterocycles. The molecule has 0 heterocycles. The summed E-state index contributed by atoms with van der Waals surface area (Å²) in [7, 11) is 4.66. The third-order valence-corrected chi connectivity index (χ3v) is 4.01. The van der Waals surface area contributed by atoms with E-state index in [1.807, 2.05) is 6.08 Å². The van der Waals surface area contributed by atoms with Gasteiger partial charge < -0.3 is 19.5 Å². The molecular weight excluding hydrogens is 318 g/mol. The highest BCUT2D eigenvalue weighted by Crippen LogP contribution is 2.39. The predicted octanol–water partition coefficient (Wildman–Crippen LogP) is 4.96. The lowest BCUT2D eigenvalue weighted by Crippen LogP contribution is -2.11. The van der Waals surface area contributed by atoms with Crippen molar-refractivity contribution in [3.8, 4) is 17.2 Å². The van der Waals surface area contributed by atoms with Crippen LogP contribution in [0, 0.1) is 0 Å². The maximum Gasteiger partial charge on any atom is 0.224 e. The van der Waals surface area contributed by atoms with Gasteiger partial charge >= 0.3 is 0 Å². The average Bonchev–Trinajstić information content (AvgIpc) is 2.62. The molecule has 25 heavy (non-hydrogen) atoms. The Morgan fingerprint density at radius 2 is 1.52 bits per heavy atom. The Labute approximate surface area is 151 Å². The number of methoxy groups -OCH3 is 3. The van der Waals surface area contributed by atoms with Gasteiger partial charge in [-0.15, -0.1) is 6.58 Å². The van der Waals surface area contributed by atoms with Crippen LogP contribution in [0.3, 0.4) is 0 Å². The van der Waals surface area contributed by atoms with Crippen LogP contribution in [0.1, 0.15) is 51.4 Å². The number of unbranched alkanes of at least 4 members (excludes halogenated alkanes) is 6. The molecule has 0 radical (unpaired) electrons. The van der Waals surface area contributed by atoms with Crippen molar-refractivity contribution < 1.29 is 19.0 Å². The zero-order valence-corrected chi connectivity index (χ0v) is 15.7. The van der Waals surface area contributed by atoms with Crippen LogP contribution in [0.25, 0.3) is 0 Å². The van der Waals surface area contributed by atoms with E-state index in [9.17, 15) is 4.79 Å². The van der Waals surface area contributed by atoms with Gasteiger partial charge in [0, 0.05) is 24.2 Å². The highest BCUT2D eigenvalue weighted by atomic mass is 16.5. The van der Waals surface area contributed by atoms with Crippen molar-refractivity contribution in [1.82, 2.24) is 0 Å². The molecule has 0 bridgehead atoms. The van der Waals surface area contributed by atoms with Crippen LogP contribution in [-0.2, 0) is 4.79 Å². The fourth-order valence-corrected chi connectivity index (χ4v) is 2.66. The summed E-state index contributed by atoms with van der Waals surface area (Å²) in [5.41, 5.74) is 0.643. The Bertz CT molecular complexity index is 517. The molecule has 5 heteroatoms. The van der Waals surface area contributed by atoms with Gasteiger partial charge in [-0.3, -0.25) is 4.79 Å². The third kappa shape index (κ3) is 7.50. The largest absolute Gasteiger partial charge is 0.493 e. The van der Waals surface area contributed by atoms with Crippen molar-refractivity contribution in [2.24, 2.45) is 0 Å². The van der Waals surface area contributed by atoms with Gasteiger partial charge in [-0.25, -0.2) is 0 Å². The molecule has 1 N–H and O–H groups in total. The molecule has 0 saturated carbocycles. The fraction of sp³-hybridized carbons (Fsp3) is 0.550. The number of nitrogens with one attached hydrogen (secondary N) is 1. The van der Waals surface area contributed by atoms with Crippen molar-refractivity contribution >= 4 is 11.6 Å². The lowest BCUT2D eigenvalue weighted by Gasteiger charge is -2.14. The van der Waals surface area contributed by atoms with E-state index in [2.05, 4.69) is 11.9 Å². The first-order chi connectivity index (χ1) is 12.2. The van der Waals surface area contributed by atoms with E-state index < -0.39 is 0 Å². The maximum absolute atomic E-state index is 12.1. The summed E-state index contributed by atoms with van der Waals surface area (Å²) in [5, 5.41) is 2.90. The van der Waals surface area contributed by atoms with Crippen molar-refractivity contribution in [2.45, 2.75) is 51.4 Å². The average molecular weight is 349 g/mol. The summed E-state index contributed by atoms with van der Waals surface area (Å²) in [4.78, 5) is 12.1. The van der Waals surface area contributed by atoms with E-state index in [1.165, 1.54) is 25.7 Å². The minimum atomic E-state index is 0.000861. The number of amides is 1. The second-order valence-electron chi connectivity index (χ2n) is 5.91. The number of hydrogen-bond acceptors (Lipinski definition) is 4. The molecule has 0 aromatic heterocycles. The summed E-state index contributed by atoms with van der Waals surface area (Å²) >= 11 is 0. The first-order valence-corrected chi connectivity index (χ1v) is 8.87. The molecule has 0 aliphatic rings. The Balaban J connectivity index is 2.40. The van der Waals surface area contributed by atoms with Gasteiger partial charge in [-0.2, -0.15) is 0 Å². The van der Waals surface area contributed by atoms with Gasteiger partial charge in [-0.05, 0) is 19.3 Å². The van der Waals surface area contributed by atoms with Crippen molar-refractivity contribution in [3.05, 3.63) is 24.8 Å². The second kappa shape index (κ2) is 12.2. The van der Waals surface area contributed by atoms with Crippen molar-refractivity contribution in [2.75, 3.05) is 26.6 Å². The predicted molar refractivity (Wildman–Crippen MR) is 102 cm³/mol. The second-order valence-corrected chi connectivity index (χ2v) is 5.91. The summed E-state index contributed by atoms with van der Waals surface area (Å²) in [5.74, 6) is 1.56. The van der Waals surface area contributed by atoms with Crippen molar-refractivity contribution in [3.63, 3.8) is 0 Å². The van der Waals surface area contributed by atoms with Crippen LogP contribution in [0.5, 0.6) is 17.2 Å². The summed E-state index contributed by atoms with van der Waals surface area (Å²) in [6.45, 7) is 3.73. The summed E-state index contributed by atoms with van der Waals surface area (Å²) in [6, 6.07) is 3.47. The SMILES string of the molecule is C=CCCCCCCCCC(=O)Nc1cc(OC)c(OC)c(OC)c1. The quantitative estimate of drug-likeness (QED) is 0.404. The molecule has 1 aromatic rings. The van der Waals surface area contributed by atoms with E-state index in [0.29, 0.717) is 29.4 Å².